The van der Waals surface area contributed by atoms with Crippen molar-refractivity contribution in [1.29, 1.82) is 0 Å². The van der Waals surface area contributed by atoms with Gasteiger partial charge in [0.2, 0.25) is 0 Å². The van der Waals surface area contributed by atoms with Crippen LogP contribution in [0.4, 0.5) is 10.5 Å². The van der Waals surface area contributed by atoms with Crippen LogP contribution in [0.3, 0.4) is 0 Å². The molecule has 0 aliphatic carbocycles. The topological polar surface area (TPSA) is 81.1 Å². The number of anilines is 1. The predicted octanol–water partition coefficient (Wildman–Crippen LogP) is 2.17. The average Bonchev–Trinajstić information content (AvgIpc) is 2.96. The molecule has 0 radical (unpaired) electrons. The van der Waals surface area contributed by atoms with Gasteiger partial charge in [-0.3, -0.25) is 4.98 Å². The second kappa shape index (κ2) is 6.78. The van der Waals surface area contributed by atoms with E-state index in [-0.39, 0.29) is 18.2 Å². The number of aryl methyl sites for hydroxylation is 2. The minimum absolute atomic E-state index is 0.0378. The van der Waals surface area contributed by atoms with Crippen molar-refractivity contribution in [3.63, 3.8) is 0 Å². The second-order valence-corrected chi connectivity index (χ2v) is 5.80. The summed E-state index contributed by atoms with van der Waals surface area (Å²) < 4.78 is 7.76. The lowest BCUT2D eigenvalue weighted by Crippen LogP contribution is -2.42. The van der Waals surface area contributed by atoms with Crippen LogP contribution in [-0.4, -0.2) is 33.2 Å². The van der Waals surface area contributed by atoms with E-state index in [0.717, 1.165) is 29.8 Å². The molecule has 122 valence electrons. The zero-order valence-corrected chi connectivity index (χ0v) is 13.3. The molecule has 3 rings (SSSR count). The van der Waals surface area contributed by atoms with Gasteiger partial charge in [-0.05, 0) is 31.4 Å². The normalized spacial score (nSPS) is 21.0. The van der Waals surface area contributed by atoms with Gasteiger partial charge in [-0.25, -0.2) is 9.78 Å². The molecule has 0 unspecified atom stereocenters. The molecule has 7 nitrogen and oxygen atoms in total. The summed E-state index contributed by atoms with van der Waals surface area (Å²) in [7, 11) is 1.95. The van der Waals surface area contributed by atoms with Crippen LogP contribution in [0.25, 0.3) is 0 Å². The van der Waals surface area contributed by atoms with Crippen molar-refractivity contribution in [3.8, 4) is 0 Å². The lowest BCUT2D eigenvalue weighted by molar-refractivity contribution is -0.00151. The van der Waals surface area contributed by atoms with Gasteiger partial charge in [-0.2, -0.15) is 0 Å². The fourth-order valence-electron chi connectivity index (χ4n) is 2.77. The summed E-state index contributed by atoms with van der Waals surface area (Å²) in [6, 6.07) is 1.66. The third-order valence-corrected chi connectivity index (χ3v) is 4.07. The average molecular weight is 315 g/mol. The number of pyridine rings is 1. The van der Waals surface area contributed by atoms with Crippen LogP contribution < -0.4 is 10.6 Å². The number of nitrogens with zero attached hydrogens (tertiary/aromatic N) is 3. The van der Waals surface area contributed by atoms with Crippen LogP contribution in [0.2, 0.25) is 0 Å². The van der Waals surface area contributed by atoms with E-state index in [0.29, 0.717) is 6.61 Å². The Morgan fingerprint density at radius 1 is 1.39 bits per heavy atom. The Balaban J connectivity index is 1.58. The summed E-state index contributed by atoms with van der Waals surface area (Å²) in [5, 5.41) is 5.90. The third kappa shape index (κ3) is 3.68. The van der Waals surface area contributed by atoms with Gasteiger partial charge in [0.05, 0.1) is 18.2 Å². The SMILES string of the molecule is Cc1cnccc1NC(=O)N[C@H]1CCO[C@@H](c2cncn2C)C1. The van der Waals surface area contributed by atoms with Crippen LogP contribution >= 0.6 is 0 Å². The summed E-state index contributed by atoms with van der Waals surface area (Å²) in [4.78, 5) is 20.3. The number of nitrogens with one attached hydrogen (secondary N) is 2. The van der Waals surface area contributed by atoms with Crippen molar-refractivity contribution >= 4 is 11.7 Å². The Bertz CT molecular complexity index is 685. The molecular formula is C16H21N5O2. The molecule has 2 aromatic heterocycles. The summed E-state index contributed by atoms with van der Waals surface area (Å²) in [5.74, 6) is 0. The number of ether oxygens (including phenoxy) is 1. The van der Waals surface area contributed by atoms with E-state index in [1.54, 1.807) is 24.8 Å². The fraction of sp³-hybridized carbons (Fsp3) is 0.438. The number of hydrogen-bond donors (Lipinski definition) is 2. The van der Waals surface area contributed by atoms with E-state index in [2.05, 4.69) is 20.6 Å². The van der Waals surface area contributed by atoms with Gasteiger partial charge in [-0.15, -0.1) is 0 Å². The largest absolute Gasteiger partial charge is 0.372 e. The number of amides is 2. The van der Waals surface area contributed by atoms with Crippen molar-refractivity contribution < 1.29 is 9.53 Å². The van der Waals surface area contributed by atoms with Crippen LogP contribution in [0.15, 0.2) is 31.0 Å². The van der Waals surface area contributed by atoms with Gasteiger partial charge >= 0.3 is 6.03 Å². The zero-order chi connectivity index (χ0) is 16.2. The first-order chi connectivity index (χ1) is 11.1. The van der Waals surface area contributed by atoms with Crippen LogP contribution in [-0.2, 0) is 11.8 Å². The molecule has 2 N–H and O–H groups in total. The zero-order valence-electron chi connectivity index (χ0n) is 13.3. The number of hydrogen-bond acceptors (Lipinski definition) is 4. The highest BCUT2D eigenvalue weighted by atomic mass is 16.5. The van der Waals surface area contributed by atoms with Crippen LogP contribution in [0, 0.1) is 6.92 Å². The van der Waals surface area contributed by atoms with Crippen molar-refractivity contribution in [1.82, 2.24) is 19.9 Å². The summed E-state index contributed by atoms with van der Waals surface area (Å²) >= 11 is 0. The quantitative estimate of drug-likeness (QED) is 0.909. The Labute approximate surface area is 135 Å². The molecule has 1 saturated heterocycles. The van der Waals surface area contributed by atoms with Gasteiger partial charge < -0.3 is 19.9 Å². The van der Waals surface area contributed by atoms with E-state index in [1.165, 1.54) is 0 Å². The standard InChI is InChI=1S/C16H21N5O2/c1-11-8-17-5-3-13(11)20-16(22)19-12-4-6-23-15(7-12)14-9-18-10-21(14)2/h3,5,8-10,12,15H,4,6-7H2,1-2H3,(H2,17,19,20,22)/t12-,15+/m0/s1. The molecule has 0 spiro atoms. The maximum atomic E-state index is 12.2. The molecule has 0 bridgehead atoms. The highest BCUT2D eigenvalue weighted by Gasteiger charge is 2.26. The van der Waals surface area contributed by atoms with Crippen molar-refractivity contribution in [2.75, 3.05) is 11.9 Å². The number of carbonyl (C=O) groups excluding carboxylic acids is 1. The maximum absolute atomic E-state index is 12.2. The van der Waals surface area contributed by atoms with Gasteiger partial charge in [0.25, 0.3) is 0 Å². The van der Waals surface area contributed by atoms with E-state index in [1.807, 2.05) is 24.7 Å². The van der Waals surface area contributed by atoms with Crippen molar-refractivity contribution in [2.24, 2.45) is 7.05 Å². The number of imidazole rings is 1. The minimum Gasteiger partial charge on any atom is -0.372 e. The lowest BCUT2D eigenvalue weighted by Gasteiger charge is -2.30. The first-order valence-corrected chi connectivity index (χ1v) is 7.69. The van der Waals surface area contributed by atoms with Crippen LogP contribution in [0.5, 0.6) is 0 Å². The molecule has 7 heteroatoms. The number of urea groups is 1. The van der Waals surface area contributed by atoms with Gasteiger partial charge in [0.1, 0.15) is 6.10 Å². The van der Waals surface area contributed by atoms with Crippen LogP contribution in [0.1, 0.15) is 30.2 Å². The van der Waals surface area contributed by atoms with Gasteiger partial charge in [0.15, 0.2) is 0 Å². The molecule has 2 amide bonds. The Morgan fingerprint density at radius 3 is 3.00 bits per heavy atom. The highest BCUT2D eigenvalue weighted by molar-refractivity contribution is 5.90. The van der Waals surface area contributed by atoms with Gasteiger partial charge in [0, 0.05) is 37.8 Å². The van der Waals surface area contributed by atoms with E-state index in [9.17, 15) is 4.79 Å². The fourth-order valence-corrected chi connectivity index (χ4v) is 2.77. The molecular weight excluding hydrogens is 294 g/mol. The predicted molar refractivity (Wildman–Crippen MR) is 86.1 cm³/mol. The Kier molecular flexibility index (Phi) is 4.57. The third-order valence-electron chi connectivity index (χ3n) is 4.07. The van der Waals surface area contributed by atoms with Crippen molar-refractivity contribution in [2.45, 2.75) is 31.9 Å². The second-order valence-electron chi connectivity index (χ2n) is 5.80. The highest BCUT2D eigenvalue weighted by Crippen LogP contribution is 2.27. The number of carbonyl (C=O) groups is 1. The molecule has 1 aliphatic rings. The number of rotatable bonds is 3. The monoisotopic (exact) mass is 315 g/mol. The molecule has 23 heavy (non-hydrogen) atoms. The summed E-state index contributed by atoms with van der Waals surface area (Å²) in [6.07, 6.45) is 8.46. The minimum atomic E-state index is -0.199. The molecule has 2 atom stereocenters. The first-order valence-electron chi connectivity index (χ1n) is 7.69. The molecule has 1 aliphatic heterocycles. The molecule has 0 aromatic carbocycles. The Hall–Kier alpha value is -2.41. The smallest absolute Gasteiger partial charge is 0.319 e. The van der Waals surface area contributed by atoms with Gasteiger partial charge in [-0.1, -0.05) is 0 Å². The summed E-state index contributed by atoms with van der Waals surface area (Å²) in [5.41, 5.74) is 2.73. The molecule has 3 heterocycles. The lowest BCUT2D eigenvalue weighted by atomic mass is 10.0. The van der Waals surface area contributed by atoms with E-state index < -0.39 is 0 Å². The molecule has 0 saturated carbocycles. The van der Waals surface area contributed by atoms with E-state index >= 15 is 0 Å². The summed E-state index contributed by atoms with van der Waals surface area (Å²) in [6.45, 7) is 2.53. The van der Waals surface area contributed by atoms with Crippen molar-refractivity contribution in [3.05, 3.63) is 42.2 Å². The van der Waals surface area contributed by atoms with E-state index in [4.69, 9.17) is 4.74 Å². The first kappa shape index (κ1) is 15.5. The number of aromatic nitrogens is 3. The maximum Gasteiger partial charge on any atom is 0.319 e. The Morgan fingerprint density at radius 2 is 2.26 bits per heavy atom. The molecule has 2 aromatic rings. The molecule has 1 fully saturated rings.